The molecule has 0 N–H and O–H groups in total. The van der Waals surface area contributed by atoms with Crippen LogP contribution in [0.15, 0.2) is 53.1 Å². The lowest BCUT2D eigenvalue weighted by Gasteiger charge is -2.42. The zero-order valence-corrected chi connectivity index (χ0v) is 20.4. The Labute approximate surface area is 208 Å². The highest BCUT2D eigenvalue weighted by Gasteiger charge is 2.39. The molecule has 0 saturated carbocycles. The molecule has 184 valence electrons. The van der Waals surface area contributed by atoms with Crippen LogP contribution in [0.1, 0.15) is 40.7 Å². The number of carbonyl (C=O) groups excluding carboxylic acids is 2. The maximum atomic E-state index is 13.0. The largest absolute Gasteiger partial charge is 0.342 e. The van der Waals surface area contributed by atoms with Crippen LogP contribution in [0, 0.1) is 12.8 Å². The number of hydrogen-bond acceptors (Lipinski definition) is 6. The molecule has 2 aliphatic rings. The van der Waals surface area contributed by atoms with Crippen molar-refractivity contribution in [3.63, 3.8) is 0 Å². The molecule has 0 radical (unpaired) electrons. The topological polar surface area (TPSA) is 97.4 Å². The van der Waals surface area contributed by atoms with Crippen molar-refractivity contribution in [2.45, 2.75) is 25.7 Å². The summed E-state index contributed by atoms with van der Waals surface area (Å²) in [4.78, 5) is 33.9. The Morgan fingerprint density at radius 3 is 2.50 bits per heavy atom. The molecule has 0 atom stereocenters. The van der Waals surface area contributed by atoms with E-state index in [-0.39, 0.29) is 23.7 Å². The summed E-state index contributed by atoms with van der Waals surface area (Å²) >= 11 is 0. The predicted molar refractivity (Wildman–Crippen MR) is 133 cm³/mol. The van der Waals surface area contributed by atoms with Crippen LogP contribution in [0.5, 0.6) is 0 Å². The Hall–Kier alpha value is -4.01. The van der Waals surface area contributed by atoms with E-state index in [9.17, 15) is 9.59 Å². The number of aryl methyl sites for hydroxylation is 2. The van der Waals surface area contributed by atoms with E-state index in [0.717, 1.165) is 35.0 Å². The van der Waals surface area contributed by atoms with E-state index in [1.165, 1.54) is 0 Å². The van der Waals surface area contributed by atoms with Gasteiger partial charge in [-0.25, -0.2) is 0 Å². The normalized spacial score (nSPS) is 16.9. The number of aromatic nitrogens is 4. The van der Waals surface area contributed by atoms with E-state index in [1.807, 2.05) is 72.1 Å². The fraction of sp³-hybridized carbons (Fsp3) is 0.370. The lowest BCUT2D eigenvalue weighted by Crippen LogP contribution is -2.57. The van der Waals surface area contributed by atoms with Gasteiger partial charge in [0, 0.05) is 55.7 Å². The zero-order chi connectivity index (χ0) is 24.8. The van der Waals surface area contributed by atoms with Crippen molar-refractivity contribution >= 4 is 22.7 Å². The summed E-state index contributed by atoms with van der Waals surface area (Å²) in [6.07, 6.45) is 1.57. The van der Waals surface area contributed by atoms with Crippen molar-refractivity contribution in [2.24, 2.45) is 13.0 Å². The molecule has 0 spiro atoms. The summed E-state index contributed by atoms with van der Waals surface area (Å²) in [5, 5.41) is 9.81. The van der Waals surface area contributed by atoms with Crippen LogP contribution < -0.4 is 0 Å². The van der Waals surface area contributed by atoms with Crippen molar-refractivity contribution < 1.29 is 14.1 Å². The van der Waals surface area contributed by atoms with E-state index in [4.69, 9.17) is 4.52 Å². The second-order valence-electron chi connectivity index (χ2n) is 9.77. The molecule has 2 aromatic heterocycles. The highest BCUT2D eigenvalue weighted by Crippen LogP contribution is 2.31. The summed E-state index contributed by atoms with van der Waals surface area (Å²) in [5.41, 5.74) is 3.58. The SMILES string of the molecule is Cc1nn(C)c2cc(-c3noc(C4CCN(C(=O)C5CN(C(=O)c6ccccc6)C5)CC4)n3)ccc12. The van der Waals surface area contributed by atoms with Gasteiger partial charge in [0.25, 0.3) is 5.91 Å². The first kappa shape index (κ1) is 22.5. The maximum absolute atomic E-state index is 13.0. The van der Waals surface area contributed by atoms with Crippen LogP contribution in [0.2, 0.25) is 0 Å². The average molecular weight is 485 g/mol. The van der Waals surface area contributed by atoms with Crippen LogP contribution >= 0.6 is 0 Å². The highest BCUT2D eigenvalue weighted by molar-refractivity contribution is 5.96. The fourth-order valence-electron chi connectivity index (χ4n) is 5.26. The lowest BCUT2D eigenvalue weighted by molar-refractivity contribution is -0.141. The monoisotopic (exact) mass is 484 g/mol. The van der Waals surface area contributed by atoms with Gasteiger partial charge in [-0.15, -0.1) is 0 Å². The minimum absolute atomic E-state index is 0.0109. The Bertz CT molecular complexity index is 1430. The third-order valence-electron chi connectivity index (χ3n) is 7.43. The first-order chi connectivity index (χ1) is 17.5. The summed E-state index contributed by atoms with van der Waals surface area (Å²) in [7, 11) is 1.93. The molecule has 4 heterocycles. The molecule has 9 heteroatoms. The van der Waals surface area contributed by atoms with E-state index in [1.54, 1.807) is 4.90 Å². The smallest absolute Gasteiger partial charge is 0.253 e. The van der Waals surface area contributed by atoms with Gasteiger partial charge in [0.1, 0.15) is 0 Å². The Morgan fingerprint density at radius 2 is 1.75 bits per heavy atom. The molecular weight excluding hydrogens is 456 g/mol. The van der Waals surface area contributed by atoms with E-state index < -0.39 is 0 Å². The molecular formula is C27H28N6O3. The minimum Gasteiger partial charge on any atom is -0.342 e. The molecule has 2 amide bonds. The van der Waals surface area contributed by atoms with Crippen LogP contribution in [0.25, 0.3) is 22.3 Å². The van der Waals surface area contributed by atoms with Gasteiger partial charge in [-0.1, -0.05) is 35.5 Å². The first-order valence-electron chi connectivity index (χ1n) is 12.4. The van der Waals surface area contributed by atoms with Gasteiger partial charge in [0.15, 0.2) is 0 Å². The predicted octanol–water partition coefficient (Wildman–Crippen LogP) is 3.41. The van der Waals surface area contributed by atoms with Gasteiger partial charge >= 0.3 is 0 Å². The van der Waals surface area contributed by atoms with Crippen molar-refractivity contribution in [1.82, 2.24) is 29.7 Å². The number of nitrogens with zero attached hydrogens (tertiary/aromatic N) is 6. The van der Waals surface area contributed by atoms with E-state index >= 15 is 0 Å². The number of hydrogen-bond donors (Lipinski definition) is 0. The highest BCUT2D eigenvalue weighted by atomic mass is 16.5. The molecule has 2 aliphatic heterocycles. The second kappa shape index (κ2) is 8.89. The molecule has 9 nitrogen and oxygen atoms in total. The number of piperidine rings is 1. The third kappa shape index (κ3) is 3.94. The van der Waals surface area contributed by atoms with Gasteiger partial charge in [-0.3, -0.25) is 14.3 Å². The van der Waals surface area contributed by atoms with Crippen molar-refractivity contribution in [2.75, 3.05) is 26.2 Å². The standard InChI is InChI=1S/C27H28N6O3/c1-17-22-9-8-20(14-23(22)31(2)29-17)24-28-25(36-30-24)18-10-12-32(13-11-18)27(35)21-15-33(16-21)26(34)19-6-4-3-5-7-19/h3-9,14,18,21H,10-13,15-16H2,1-2H3. The second-order valence-corrected chi connectivity index (χ2v) is 9.77. The first-order valence-corrected chi connectivity index (χ1v) is 12.4. The minimum atomic E-state index is -0.116. The molecule has 0 unspecified atom stereocenters. The maximum Gasteiger partial charge on any atom is 0.253 e. The summed E-state index contributed by atoms with van der Waals surface area (Å²) in [5.74, 6) is 1.34. The number of amides is 2. The molecule has 2 fully saturated rings. The van der Waals surface area contributed by atoms with Crippen molar-refractivity contribution in [3.8, 4) is 11.4 Å². The number of benzene rings is 2. The Kier molecular flexibility index (Phi) is 5.55. The van der Waals surface area contributed by atoms with Crippen molar-refractivity contribution in [3.05, 3.63) is 65.7 Å². The number of carbonyl (C=O) groups is 2. The zero-order valence-electron chi connectivity index (χ0n) is 20.4. The quantitative estimate of drug-likeness (QED) is 0.440. The van der Waals surface area contributed by atoms with Crippen LogP contribution in [0.3, 0.4) is 0 Å². The molecule has 0 aliphatic carbocycles. The van der Waals surface area contributed by atoms with Gasteiger partial charge in [0.05, 0.1) is 17.1 Å². The Morgan fingerprint density at radius 1 is 1.00 bits per heavy atom. The van der Waals surface area contributed by atoms with E-state index in [0.29, 0.717) is 43.5 Å². The number of fused-ring (bicyclic) bond motifs is 1. The fourth-order valence-corrected chi connectivity index (χ4v) is 5.26. The number of likely N-dealkylation sites (tertiary alicyclic amines) is 2. The molecule has 0 bridgehead atoms. The van der Waals surface area contributed by atoms with Crippen LogP contribution in [0.4, 0.5) is 0 Å². The van der Waals surface area contributed by atoms with E-state index in [2.05, 4.69) is 15.2 Å². The van der Waals surface area contributed by atoms with Crippen LogP contribution in [-0.4, -0.2) is 67.7 Å². The van der Waals surface area contributed by atoms with Gasteiger partial charge in [-0.2, -0.15) is 10.1 Å². The Balaban J connectivity index is 1.05. The van der Waals surface area contributed by atoms with Gasteiger partial charge < -0.3 is 14.3 Å². The molecule has 36 heavy (non-hydrogen) atoms. The van der Waals surface area contributed by atoms with Gasteiger partial charge in [-0.05, 0) is 38.0 Å². The molecule has 2 aromatic carbocycles. The lowest BCUT2D eigenvalue weighted by atomic mass is 9.93. The summed E-state index contributed by atoms with van der Waals surface area (Å²) in [6, 6.07) is 15.3. The summed E-state index contributed by atoms with van der Waals surface area (Å²) < 4.78 is 7.49. The molecule has 4 aromatic rings. The number of rotatable bonds is 4. The summed E-state index contributed by atoms with van der Waals surface area (Å²) in [6.45, 7) is 4.28. The van der Waals surface area contributed by atoms with Gasteiger partial charge in [0.2, 0.25) is 17.6 Å². The third-order valence-corrected chi connectivity index (χ3v) is 7.43. The van der Waals surface area contributed by atoms with Crippen molar-refractivity contribution in [1.29, 1.82) is 0 Å². The average Bonchev–Trinajstić information content (AvgIpc) is 3.48. The molecule has 6 rings (SSSR count). The van der Waals surface area contributed by atoms with Crippen LogP contribution in [-0.2, 0) is 11.8 Å². The molecule has 2 saturated heterocycles.